The molecule has 0 amide bonds. The highest BCUT2D eigenvalue weighted by atomic mass is 35.5. The van der Waals surface area contributed by atoms with Gasteiger partial charge in [0.15, 0.2) is 0 Å². The maximum Gasteiger partial charge on any atom is 0.229 e. The Labute approximate surface area is 98.7 Å². The fraction of sp³-hybridized carbons (Fsp3) is 0. The topological polar surface area (TPSA) is 53.6 Å². The Bertz CT molecular complexity index is 679. The maximum atomic E-state index is 6.14. The number of hydrogen-bond acceptors (Lipinski definition) is 3. The number of nitrogens with zero attached hydrogens (tertiary/aromatic N) is 2. The van der Waals surface area contributed by atoms with Gasteiger partial charge in [-0.25, -0.2) is 4.98 Å². The number of aromatic nitrogens is 3. The van der Waals surface area contributed by atoms with Crippen LogP contribution in [-0.4, -0.2) is 15.0 Å². The molecule has 16 heavy (non-hydrogen) atoms. The second-order valence-corrected chi connectivity index (χ2v) is 4.02. The molecule has 80 valence electrons. The van der Waals surface area contributed by atoms with E-state index >= 15 is 0 Å². The summed E-state index contributed by atoms with van der Waals surface area (Å²) < 4.78 is 0. The molecule has 0 bridgehead atoms. The van der Waals surface area contributed by atoms with E-state index in [2.05, 4.69) is 29.4 Å². The van der Waals surface area contributed by atoms with Crippen LogP contribution in [0.2, 0.25) is 5.15 Å². The molecule has 0 aliphatic heterocycles. The Balaban J connectivity index is 2.50. The van der Waals surface area contributed by atoms with Crippen molar-refractivity contribution in [1.29, 1.82) is 0 Å². The van der Waals surface area contributed by atoms with Gasteiger partial charge in [0, 0.05) is 10.9 Å². The molecule has 6 heteroatoms. The molecule has 2 N–H and O–H groups in total. The summed E-state index contributed by atoms with van der Waals surface area (Å²) in [4.78, 5) is 11.7. The van der Waals surface area contributed by atoms with Crippen LogP contribution < -0.4 is 5.09 Å². The number of rotatable bonds is 1. The smallest absolute Gasteiger partial charge is 0.229 e. The van der Waals surface area contributed by atoms with E-state index in [9.17, 15) is 0 Å². The highest BCUT2D eigenvalue weighted by Crippen LogP contribution is 2.29. The lowest BCUT2D eigenvalue weighted by Gasteiger charge is -1.99. The van der Waals surface area contributed by atoms with Crippen LogP contribution in [0.5, 0.6) is 0 Å². The Morgan fingerprint density at radius 1 is 1.25 bits per heavy atom. The zero-order valence-electron chi connectivity index (χ0n) is 8.16. The van der Waals surface area contributed by atoms with Gasteiger partial charge in [-0.15, -0.1) is 0 Å². The molecule has 1 aromatic carbocycles. The highest BCUT2D eigenvalue weighted by molar-refractivity contribution is 7.18. The number of para-hydroxylation sites is 1. The van der Waals surface area contributed by atoms with Crippen LogP contribution in [0.15, 0.2) is 24.3 Å². The van der Waals surface area contributed by atoms with E-state index in [4.69, 9.17) is 11.6 Å². The van der Waals surface area contributed by atoms with Gasteiger partial charge in [0.05, 0.1) is 5.39 Å². The number of benzene rings is 1. The van der Waals surface area contributed by atoms with E-state index in [1.54, 1.807) is 0 Å². The zero-order chi connectivity index (χ0) is 11.1. The maximum absolute atomic E-state index is 6.14. The molecule has 0 fully saturated rings. The van der Waals surface area contributed by atoms with E-state index in [-0.39, 0.29) is 0 Å². The van der Waals surface area contributed by atoms with Crippen molar-refractivity contribution < 1.29 is 0 Å². The van der Waals surface area contributed by atoms with Crippen molar-refractivity contribution in [1.82, 2.24) is 15.0 Å². The highest BCUT2D eigenvalue weighted by Gasteiger charge is 2.10. The Morgan fingerprint density at radius 3 is 2.88 bits per heavy atom. The third kappa shape index (κ3) is 1.34. The van der Waals surface area contributed by atoms with Gasteiger partial charge in [-0.1, -0.05) is 29.8 Å². The Kier molecular flexibility index (Phi) is 2.20. The van der Waals surface area contributed by atoms with Gasteiger partial charge >= 0.3 is 0 Å². The van der Waals surface area contributed by atoms with Crippen molar-refractivity contribution in [3.05, 3.63) is 29.4 Å². The SMILES string of the molecule is PNc1nc(Cl)c2c(n1)[nH]c1ccccc12. The molecule has 0 aliphatic rings. The van der Waals surface area contributed by atoms with E-state index in [0.717, 1.165) is 21.9 Å². The standard InChI is InChI=1S/C10H8ClN4P/c11-8-7-5-3-1-2-4-6(5)12-9(7)14-10(13-8)15-16/h1-4H,16H2,(H2,12,13,14,15). The first kappa shape index (κ1) is 9.82. The average Bonchev–Trinajstić information content (AvgIpc) is 2.67. The van der Waals surface area contributed by atoms with Crippen LogP contribution in [0, 0.1) is 0 Å². The monoisotopic (exact) mass is 250 g/mol. The van der Waals surface area contributed by atoms with E-state index in [1.807, 2.05) is 24.3 Å². The predicted molar refractivity (Wildman–Crippen MR) is 69.7 cm³/mol. The van der Waals surface area contributed by atoms with Gasteiger partial charge in [0.25, 0.3) is 0 Å². The first-order valence-corrected chi connectivity index (χ1v) is 5.65. The van der Waals surface area contributed by atoms with Crippen LogP contribution in [0.4, 0.5) is 5.95 Å². The predicted octanol–water partition coefficient (Wildman–Crippen LogP) is 2.97. The zero-order valence-corrected chi connectivity index (χ0v) is 10.1. The Morgan fingerprint density at radius 2 is 2.06 bits per heavy atom. The quantitative estimate of drug-likeness (QED) is 0.516. The van der Waals surface area contributed by atoms with E-state index in [1.165, 1.54) is 0 Å². The summed E-state index contributed by atoms with van der Waals surface area (Å²) in [6.07, 6.45) is 0. The van der Waals surface area contributed by atoms with Gasteiger partial charge in [-0.05, 0) is 15.5 Å². The molecule has 2 aromatic heterocycles. The minimum atomic E-state index is 0.451. The molecule has 0 saturated heterocycles. The molecule has 4 nitrogen and oxygen atoms in total. The lowest BCUT2D eigenvalue weighted by atomic mass is 10.2. The molecular weight excluding hydrogens is 243 g/mol. The number of hydrogen-bond donors (Lipinski definition) is 2. The average molecular weight is 251 g/mol. The lowest BCUT2D eigenvalue weighted by Crippen LogP contribution is -1.91. The molecule has 0 saturated carbocycles. The molecule has 2 heterocycles. The molecule has 0 spiro atoms. The molecular formula is C10H8ClN4P. The summed E-state index contributed by atoms with van der Waals surface area (Å²) in [5.41, 5.74) is 1.75. The fourth-order valence-corrected chi connectivity index (χ4v) is 2.17. The van der Waals surface area contributed by atoms with Gasteiger partial charge in [-0.2, -0.15) is 4.98 Å². The van der Waals surface area contributed by atoms with Gasteiger partial charge < -0.3 is 10.1 Å². The molecule has 0 radical (unpaired) electrons. The van der Waals surface area contributed by atoms with Crippen LogP contribution in [0.1, 0.15) is 0 Å². The lowest BCUT2D eigenvalue weighted by molar-refractivity contribution is 1.22. The molecule has 0 aliphatic carbocycles. The van der Waals surface area contributed by atoms with Crippen LogP contribution in [-0.2, 0) is 0 Å². The molecule has 3 rings (SSSR count). The molecule has 3 aromatic rings. The van der Waals surface area contributed by atoms with Crippen LogP contribution >= 0.6 is 21.0 Å². The van der Waals surface area contributed by atoms with Crippen LogP contribution in [0.25, 0.3) is 21.9 Å². The summed E-state index contributed by atoms with van der Waals surface area (Å²) in [6.45, 7) is 0. The molecule has 1 atom stereocenters. The normalized spacial score (nSPS) is 11.1. The number of fused-ring (bicyclic) bond motifs is 3. The van der Waals surface area contributed by atoms with Crippen molar-refractivity contribution in [2.45, 2.75) is 0 Å². The minimum absolute atomic E-state index is 0.451. The second-order valence-electron chi connectivity index (χ2n) is 3.38. The Hall–Kier alpha value is -1.38. The van der Waals surface area contributed by atoms with Crippen molar-refractivity contribution in [2.24, 2.45) is 0 Å². The van der Waals surface area contributed by atoms with Crippen LogP contribution in [0.3, 0.4) is 0 Å². The van der Waals surface area contributed by atoms with Crippen molar-refractivity contribution in [2.75, 3.05) is 5.09 Å². The van der Waals surface area contributed by atoms with Gasteiger partial charge in [-0.3, -0.25) is 0 Å². The third-order valence-electron chi connectivity index (χ3n) is 2.44. The second kappa shape index (κ2) is 3.58. The number of H-pyrrole nitrogens is 1. The number of nitrogens with one attached hydrogen (secondary N) is 2. The summed E-state index contributed by atoms with van der Waals surface area (Å²) in [7, 11) is 2.35. The minimum Gasteiger partial charge on any atom is -0.339 e. The number of anilines is 1. The van der Waals surface area contributed by atoms with Gasteiger partial charge in [0.2, 0.25) is 5.95 Å². The summed E-state index contributed by atoms with van der Waals surface area (Å²) in [5, 5.41) is 5.15. The number of aromatic amines is 1. The van der Waals surface area contributed by atoms with Crippen molar-refractivity contribution in [3.63, 3.8) is 0 Å². The molecule has 1 unspecified atom stereocenters. The van der Waals surface area contributed by atoms with Crippen molar-refractivity contribution >= 4 is 48.9 Å². The number of halogens is 1. The fourth-order valence-electron chi connectivity index (χ4n) is 1.76. The van der Waals surface area contributed by atoms with E-state index < -0.39 is 0 Å². The third-order valence-corrected chi connectivity index (χ3v) is 2.98. The van der Waals surface area contributed by atoms with E-state index in [0.29, 0.717) is 11.1 Å². The first-order chi connectivity index (χ1) is 7.79. The summed E-state index contributed by atoms with van der Waals surface area (Å²) >= 11 is 6.14. The van der Waals surface area contributed by atoms with Crippen molar-refractivity contribution in [3.8, 4) is 0 Å². The largest absolute Gasteiger partial charge is 0.339 e. The summed E-state index contributed by atoms with van der Waals surface area (Å²) in [5.74, 6) is 0.481. The first-order valence-electron chi connectivity index (χ1n) is 4.70. The summed E-state index contributed by atoms with van der Waals surface area (Å²) in [6, 6.07) is 7.92. The van der Waals surface area contributed by atoms with Gasteiger partial charge in [0.1, 0.15) is 10.8 Å².